The predicted octanol–water partition coefficient (Wildman–Crippen LogP) is 2.76. The molecule has 0 bridgehead atoms. The Hall–Kier alpha value is -3.13. The second-order valence-corrected chi connectivity index (χ2v) is 5.42. The number of benzene rings is 2. The molecule has 0 spiro atoms. The Balaban J connectivity index is 1.97. The number of ether oxygens (including phenoxy) is 1. The number of nitriles is 1. The quantitative estimate of drug-likeness (QED) is 0.794. The van der Waals surface area contributed by atoms with Gasteiger partial charge >= 0.3 is 5.97 Å². The average molecular weight is 322 g/mol. The first-order valence-corrected chi connectivity index (χ1v) is 7.51. The minimum Gasteiger partial charge on any atom is -0.449 e. The second-order valence-electron chi connectivity index (χ2n) is 5.42. The number of carbonyl (C=O) groups is 2. The molecule has 0 saturated heterocycles. The number of hydrogen-bond donors (Lipinski definition) is 0. The van der Waals surface area contributed by atoms with E-state index in [9.17, 15) is 9.59 Å². The van der Waals surface area contributed by atoms with E-state index in [-0.39, 0.29) is 11.5 Å². The van der Waals surface area contributed by atoms with Gasteiger partial charge in [0.25, 0.3) is 5.91 Å². The van der Waals surface area contributed by atoms with Gasteiger partial charge in [0.1, 0.15) is 0 Å². The number of amides is 1. The first-order valence-electron chi connectivity index (χ1n) is 7.51. The highest BCUT2D eigenvalue weighted by atomic mass is 16.5. The zero-order chi connectivity index (χ0) is 17.5. The molecule has 0 heterocycles. The molecule has 2 aromatic carbocycles. The van der Waals surface area contributed by atoms with Crippen molar-refractivity contribution in [2.45, 2.75) is 19.6 Å². The van der Waals surface area contributed by atoms with Gasteiger partial charge in [-0.15, -0.1) is 0 Å². The third kappa shape index (κ3) is 4.43. The lowest BCUT2D eigenvalue weighted by Gasteiger charge is -2.21. The van der Waals surface area contributed by atoms with Crippen molar-refractivity contribution in [1.82, 2.24) is 4.90 Å². The lowest BCUT2D eigenvalue weighted by atomic mass is 10.1. The van der Waals surface area contributed by atoms with Crippen molar-refractivity contribution in [2.24, 2.45) is 0 Å². The number of likely N-dealkylation sites (N-methyl/N-ethyl adjacent to an activating group) is 1. The summed E-state index contributed by atoms with van der Waals surface area (Å²) in [6, 6.07) is 17.7. The summed E-state index contributed by atoms with van der Waals surface area (Å²) in [4.78, 5) is 26.0. The summed E-state index contributed by atoms with van der Waals surface area (Å²) in [5.74, 6) is -0.912. The van der Waals surface area contributed by atoms with Gasteiger partial charge < -0.3 is 9.64 Å². The number of esters is 1. The Kier molecular flexibility index (Phi) is 5.69. The minimum absolute atomic E-state index is 0.249. The summed E-state index contributed by atoms with van der Waals surface area (Å²) in [5.41, 5.74) is 1.61. The summed E-state index contributed by atoms with van der Waals surface area (Å²) in [6.45, 7) is 1.97. The molecule has 0 aliphatic heterocycles. The van der Waals surface area contributed by atoms with E-state index in [1.54, 1.807) is 25.2 Å². The largest absolute Gasteiger partial charge is 0.449 e. The van der Waals surface area contributed by atoms with Crippen LogP contribution < -0.4 is 0 Å². The van der Waals surface area contributed by atoms with Gasteiger partial charge in [0.05, 0.1) is 17.2 Å². The van der Waals surface area contributed by atoms with Crippen LogP contribution in [0.5, 0.6) is 0 Å². The van der Waals surface area contributed by atoms with Crippen molar-refractivity contribution in [3.8, 4) is 6.07 Å². The summed E-state index contributed by atoms with van der Waals surface area (Å²) < 4.78 is 5.22. The van der Waals surface area contributed by atoms with Crippen LogP contribution in [0.2, 0.25) is 0 Å². The van der Waals surface area contributed by atoms with Crippen molar-refractivity contribution < 1.29 is 14.3 Å². The highest BCUT2D eigenvalue weighted by Crippen LogP contribution is 2.10. The van der Waals surface area contributed by atoms with Gasteiger partial charge in [0.2, 0.25) is 0 Å². The fourth-order valence-corrected chi connectivity index (χ4v) is 2.24. The molecular weight excluding hydrogens is 304 g/mol. The fraction of sp³-hybridized carbons (Fsp3) is 0.211. The summed E-state index contributed by atoms with van der Waals surface area (Å²) in [7, 11) is 1.66. The molecule has 1 amide bonds. The van der Waals surface area contributed by atoms with Crippen molar-refractivity contribution in [3.05, 3.63) is 71.3 Å². The molecule has 1 unspecified atom stereocenters. The lowest BCUT2D eigenvalue weighted by Crippen LogP contribution is -2.37. The van der Waals surface area contributed by atoms with Crippen LogP contribution in [-0.2, 0) is 16.1 Å². The molecular formula is C19H18N2O3. The van der Waals surface area contributed by atoms with E-state index < -0.39 is 12.1 Å². The van der Waals surface area contributed by atoms with Gasteiger partial charge in [-0.2, -0.15) is 5.26 Å². The van der Waals surface area contributed by atoms with Crippen molar-refractivity contribution in [1.29, 1.82) is 5.26 Å². The van der Waals surface area contributed by atoms with Gasteiger partial charge in [0.15, 0.2) is 6.10 Å². The molecule has 1 atom stereocenters. The molecule has 0 fully saturated rings. The molecule has 0 saturated carbocycles. The van der Waals surface area contributed by atoms with E-state index in [2.05, 4.69) is 0 Å². The van der Waals surface area contributed by atoms with Crippen LogP contribution in [-0.4, -0.2) is 29.9 Å². The Labute approximate surface area is 141 Å². The summed E-state index contributed by atoms with van der Waals surface area (Å²) in [6.07, 6.45) is -0.906. The van der Waals surface area contributed by atoms with E-state index >= 15 is 0 Å². The monoisotopic (exact) mass is 322 g/mol. The molecule has 5 nitrogen and oxygen atoms in total. The maximum atomic E-state index is 12.3. The molecule has 2 rings (SSSR count). The van der Waals surface area contributed by atoms with Gasteiger partial charge in [-0.1, -0.05) is 36.4 Å². The van der Waals surface area contributed by atoms with Crippen LogP contribution in [0.1, 0.15) is 28.4 Å². The van der Waals surface area contributed by atoms with Crippen LogP contribution in [0, 0.1) is 11.3 Å². The molecule has 0 N–H and O–H groups in total. The van der Waals surface area contributed by atoms with E-state index in [1.165, 1.54) is 17.9 Å². The van der Waals surface area contributed by atoms with Crippen LogP contribution >= 0.6 is 0 Å². The molecule has 0 aliphatic carbocycles. The third-order valence-electron chi connectivity index (χ3n) is 3.50. The Bertz CT molecular complexity index is 766. The number of carbonyl (C=O) groups excluding carboxylic acids is 2. The molecule has 0 aliphatic rings. The number of nitrogens with zero attached hydrogens (tertiary/aromatic N) is 2. The van der Waals surface area contributed by atoms with E-state index in [1.807, 2.05) is 36.4 Å². The molecule has 5 heteroatoms. The molecule has 0 aromatic heterocycles. The van der Waals surface area contributed by atoms with E-state index in [0.29, 0.717) is 12.1 Å². The third-order valence-corrected chi connectivity index (χ3v) is 3.50. The zero-order valence-corrected chi connectivity index (χ0v) is 13.6. The summed E-state index contributed by atoms with van der Waals surface area (Å²) in [5, 5.41) is 8.86. The lowest BCUT2D eigenvalue weighted by molar-refractivity contribution is -0.139. The predicted molar refractivity (Wildman–Crippen MR) is 89.0 cm³/mol. The van der Waals surface area contributed by atoms with Crippen LogP contribution in [0.15, 0.2) is 54.6 Å². The normalized spacial score (nSPS) is 11.2. The second kappa shape index (κ2) is 7.93. The minimum atomic E-state index is -0.906. The molecule has 2 aromatic rings. The topological polar surface area (TPSA) is 70.4 Å². The van der Waals surface area contributed by atoms with Crippen LogP contribution in [0.3, 0.4) is 0 Å². The SMILES string of the molecule is CC(OC(=O)c1cccc(C#N)c1)C(=O)N(C)Cc1ccccc1. The maximum Gasteiger partial charge on any atom is 0.338 e. The standard InChI is InChI=1S/C19H18N2O3/c1-14(18(22)21(2)13-15-7-4-3-5-8-15)24-19(23)17-10-6-9-16(11-17)12-20/h3-11,14H,13H2,1-2H3. The Morgan fingerprint density at radius 1 is 1.17 bits per heavy atom. The van der Waals surface area contributed by atoms with Crippen LogP contribution in [0.4, 0.5) is 0 Å². The van der Waals surface area contributed by atoms with Crippen LogP contribution in [0.25, 0.3) is 0 Å². The molecule has 122 valence electrons. The first kappa shape index (κ1) is 17.2. The molecule has 0 radical (unpaired) electrons. The van der Waals surface area contributed by atoms with Crippen molar-refractivity contribution >= 4 is 11.9 Å². The maximum absolute atomic E-state index is 12.3. The first-order chi connectivity index (χ1) is 11.5. The average Bonchev–Trinajstić information content (AvgIpc) is 2.61. The van der Waals surface area contributed by atoms with Gasteiger partial charge in [-0.05, 0) is 30.7 Å². The number of hydrogen-bond acceptors (Lipinski definition) is 4. The van der Waals surface area contributed by atoms with Crippen molar-refractivity contribution in [2.75, 3.05) is 7.05 Å². The number of rotatable bonds is 5. The zero-order valence-electron chi connectivity index (χ0n) is 13.6. The van der Waals surface area contributed by atoms with Gasteiger partial charge in [-0.3, -0.25) is 4.79 Å². The Morgan fingerprint density at radius 2 is 1.88 bits per heavy atom. The van der Waals surface area contributed by atoms with E-state index in [4.69, 9.17) is 10.00 Å². The van der Waals surface area contributed by atoms with Gasteiger partial charge in [-0.25, -0.2) is 4.79 Å². The Morgan fingerprint density at radius 3 is 2.54 bits per heavy atom. The van der Waals surface area contributed by atoms with E-state index in [0.717, 1.165) is 5.56 Å². The highest BCUT2D eigenvalue weighted by Gasteiger charge is 2.22. The smallest absolute Gasteiger partial charge is 0.338 e. The molecule has 24 heavy (non-hydrogen) atoms. The van der Waals surface area contributed by atoms with Gasteiger partial charge in [0, 0.05) is 13.6 Å². The summed E-state index contributed by atoms with van der Waals surface area (Å²) >= 11 is 0. The fourth-order valence-electron chi connectivity index (χ4n) is 2.24. The van der Waals surface area contributed by atoms with Crippen molar-refractivity contribution in [3.63, 3.8) is 0 Å². The highest BCUT2D eigenvalue weighted by molar-refractivity contribution is 5.92.